The van der Waals surface area contributed by atoms with Crippen LogP contribution in [0.3, 0.4) is 0 Å². The Hall–Kier alpha value is -1.60. The van der Waals surface area contributed by atoms with Gasteiger partial charge < -0.3 is 15.0 Å². The minimum absolute atomic E-state index is 0.218. The minimum atomic E-state index is -0.278. The number of hydrogen-bond acceptors (Lipinski definition) is 5. The number of methoxy groups -OCH3 is 1. The van der Waals surface area contributed by atoms with Crippen LogP contribution in [0, 0.1) is 5.82 Å². The van der Waals surface area contributed by atoms with Crippen LogP contribution >= 0.6 is 11.8 Å². The zero-order chi connectivity index (χ0) is 15.4. The van der Waals surface area contributed by atoms with Crippen molar-refractivity contribution in [1.29, 1.82) is 0 Å². The summed E-state index contributed by atoms with van der Waals surface area (Å²) in [6.45, 7) is 4.44. The number of nitrogens with two attached hydrogens (primary N) is 1. The lowest BCUT2D eigenvalue weighted by Crippen LogP contribution is -2.11. The molecule has 2 rings (SSSR count). The number of ether oxygens (including phenoxy) is 1. The van der Waals surface area contributed by atoms with Crippen molar-refractivity contribution in [1.82, 2.24) is 14.8 Å². The lowest BCUT2D eigenvalue weighted by molar-refractivity contribution is 0.410. The van der Waals surface area contributed by atoms with Crippen molar-refractivity contribution < 1.29 is 9.13 Å². The van der Waals surface area contributed by atoms with E-state index in [0.717, 1.165) is 16.5 Å². The summed E-state index contributed by atoms with van der Waals surface area (Å²) in [7, 11) is 1.57. The van der Waals surface area contributed by atoms with Gasteiger partial charge in [-0.15, -0.1) is 10.2 Å². The molecule has 0 aliphatic heterocycles. The molecule has 0 fully saturated rings. The highest BCUT2D eigenvalue weighted by molar-refractivity contribution is 7.98. The third kappa shape index (κ3) is 3.54. The zero-order valence-electron chi connectivity index (χ0n) is 12.3. The van der Waals surface area contributed by atoms with E-state index in [1.165, 1.54) is 23.9 Å². The third-order valence-corrected chi connectivity index (χ3v) is 4.03. The topological polar surface area (TPSA) is 66.0 Å². The van der Waals surface area contributed by atoms with Gasteiger partial charge in [0.15, 0.2) is 5.16 Å². The molecule has 7 heteroatoms. The number of halogens is 1. The number of benzene rings is 1. The van der Waals surface area contributed by atoms with Crippen LogP contribution < -0.4 is 10.5 Å². The Bertz CT molecular complexity index is 615. The summed E-state index contributed by atoms with van der Waals surface area (Å²) in [5.74, 6) is 1.69. The monoisotopic (exact) mass is 310 g/mol. The maximum atomic E-state index is 13.4. The summed E-state index contributed by atoms with van der Waals surface area (Å²) < 4.78 is 20.6. The maximum absolute atomic E-state index is 13.4. The molecule has 0 spiro atoms. The normalized spacial score (nSPS) is 11.1. The van der Waals surface area contributed by atoms with Gasteiger partial charge in [0.2, 0.25) is 0 Å². The van der Waals surface area contributed by atoms with Crippen molar-refractivity contribution in [3.8, 4) is 5.75 Å². The van der Waals surface area contributed by atoms with Gasteiger partial charge in [-0.2, -0.15) is 0 Å². The molecular formula is C14H19FN4OS. The van der Waals surface area contributed by atoms with Gasteiger partial charge >= 0.3 is 0 Å². The van der Waals surface area contributed by atoms with E-state index in [9.17, 15) is 4.39 Å². The fraction of sp³-hybridized carbons (Fsp3) is 0.429. The molecule has 0 atom stereocenters. The number of aromatic nitrogens is 3. The van der Waals surface area contributed by atoms with Crippen LogP contribution in [0.25, 0.3) is 0 Å². The molecule has 0 radical (unpaired) electrons. The van der Waals surface area contributed by atoms with Crippen molar-refractivity contribution in [3.05, 3.63) is 35.4 Å². The van der Waals surface area contributed by atoms with Crippen molar-refractivity contribution in [3.63, 3.8) is 0 Å². The average molecular weight is 310 g/mol. The second kappa shape index (κ2) is 6.91. The highest BCUT2D eigenvalue weighted by atomic mass is 32.2. The van der Waals surface area contributed by atoms with Gasteiger partial charge in [0.05, 0.1) is 13.7 Å². The van der Waals surface area contributed by atoms with E-state index in [2.05, 4.69) is 24.0 Å². The van der Waals surface area contributed by atoms with Gasteiger partial charge in [0, 0.05) is 17.4 Å². The van der Waals surface area contributed by atoms with Gasteiger partial charge in [0.25, 0.3) is 0 Å². The summed E-state index contributed by atoms with van der Waals surface area (Å²) in [5.41, 5.74) is 6.46. The smallest absolute Gasteiger partial charge is 0.191 e. The number of thioether (sulfide) groups is 1. The van der Waals surface area contributed by atoms with E-state index in [-0.39, 0.29) is 11.9 Å². The maximum Gasteiger partial charge on any atom is 0.191 e. The molecule has 1 heterocycles. The number of nitrogens with zero attached hydrogens (tertiary/aromatic N) is 3. The third-order valence-electron chi connectivity index (χ3n) is 3.03. The summed E-state index contributed by atoms with van der Waals surface area (Å²) in [6, 6.07) is 4.71. The molecule has 1 aromatic carbocycles. The second-order valence-electron chi connectivity index (χ2n) is 4.81. The summed E-state index contributed by atoms with van der Waals surface area (Å²) in [5, 5.41) is 9.03. The lowest BCUT2D eigenvalue weighted by atomic mass is 10.2. The Morgan fingerprint density at radius 3 is 2.76 bits per heavy atom. The molecule has 0 bridgehead atoms. The van der Waals surface area contributed by atoms with Crippen LogP contribution in [0.4, 0.5) is 4.39 Å². The molecule has 1 aromatic heterocycles. The Kier molecular flexibility index (Phi) is 5.19. The molecule has 2 N–H and O–H groups in total. The molecule has 0 aliphatic rings. The molecule has 0 amide bonds. The van der Waals surface area contributed by atoms with E-state index in [0.29, 0.717) is 18.0 Å². The average Bonchev–Trinajstić information content (AvgIpc) is 2.88. The Morgan fingerprint density at radius 2 is 2.14 bits per heavy atom. The standard InChI is InChI=1S/C14H19FN4OS/c1-9(2)19-13(7-16)17-18-14(19)21-8-10-6-11(15)4-5-12(10)20-3/h4-6,9H,7-8,16H2,1-3H3. The fourth-order valence-corrected chi connectivity index (χ4v) is 3.13. The number of hydrogen-bond donors (Lipinski definition) is 1. The molecule has 5 nitrogen and oxygen atoms in total. The van der Waals surface area contributed by atoms with Crippen LogP contribution in [-0.2, 0) is 12.3 Å². The van der Waals surface area contributed by atoms with Crippen molar-refractivity contribution in [2.75, 3.05) is 7.11 Å². The van der Waals surface area contributed by atoms with Gasteiger partial charge in [-0.3, -0.25) is 0 Å². The molecule has 0 unspecified atom stereocenters. The van der Waals surface area contributed by atoms with Gasteiger partial charge in [-0.25, -0.2) is 4.39 Å². The SMILES string of the molecule is COc1ccc(F)cc1CSc1nnc(CN)n1C(C)C. The first kappa shape index (κ1) is 15.8. The first-order valence-corrected chi connectivity index (χ1v) is 7.64. The van der Waals surface area contributed by atoms with Gasteiger partial charge in [0.1, 0.15) is 17.4 Å². The highest BCUT2D eigenvalue weighted by Gasteiger charge is 2.15. The van der Waals surface area contributed by atoms with Gasteiger partial charge in [-0.1, -0.05) is 11.8 Å². The summed E-state index contributed by atoms with van der Waals surface area (Å²) in [4.78, 5) is 0. The molecular weight excluding hydrogens is 291 g/mol. The lowest BCUT2D eigenvalue weighted by Gasteiger charge is -2.13. The van der Waals surface area contributed by atoms with Crippen molar-refractivity contribution in [2.45, 2.75) is 37.3 Å². The molecule has 114 valence electrons. The van der Waals surface area contributed by atoms with Crippen LogP contribution in [0.1, 0.15) is 31.3 Å². The van der Waals surface area contributed by atoms with Crippen molar-refractivity contribution >= 4 is 11.8 Å². The predicted molar refractivity (Wildman–Crippen MR) is 80.8 cm³/mol. The Morgan fingerprint density at radius 1 is 1.38 bits per heavy atom. The van der Waals surface area contributed by atoms with Crippen LogP contribution in [-0.4, -0.2) is 21.9 Å². The van der Waals surface area contributed by atoms with E-state index in [4.69, 9.17) is 10.5 Å². The summed E-state index contributed by atoms with van der Waals surface area (Å²) >= 11 is 1.49. The quantitative estimate of drug-likeness (QED) is 0.831. The Balaban J connectivity index is 2.21. The largest absolute Gasteiger partial charge is 0.496 e. The first-order chi connectivity index (χ1) is 10.1. The van der Waals surface area contributed by atoms with E-state index >= 15 is 0 Å². The first-order valence-electron chi connectivity index (χ1n) is 6.65. The second-order valence-corrected chi connectivity index (χ2v) is 5.75. The molecule has 0 saturated heterocycles. The predicted octanol–water partition coefficient (Wildman–Crippen LogP) is 2.76. The fourth-order valence-electron chi connectivity index (χ4n) is 2.07. The molecule has 0 saturated carbocycles. The van der Waals surface area contributed by atoms with E-state index in [1.54, 1.807) is 13.2 Å². The van der Waals surface area contributed by atoms with Gasteiger partial charge in [-0.05, 0) is 32.0 Å². The highest BCUT2D eigenvalue weighted by Crippen LogP contribution is 2.29. The molecule has 0 aliphatic carbocycles. The zero-order valence-corrected chi connectivity index (χ0v) is 13.2. The van der Waals surface area contributed by atoms with Crippen LogP contribution in [0.2, 0.25) is 0 Å². The van der Waals surface area contributed by atoms with E-state index in [1.807, 2.05) is 4.57 Å². The van der Waals surface area contributed by atoms with Crippen LogP contribution in [0.15, 0.2) is 23.4 Å². The number of rotatable bonds is 6. The molecule has 21 heavy (non-hydrogen) atoms. The Labute approximate surface area is 127 Å². The molecule has 2 aromatic rings. The van der Waals surface area contributed by atoms with E-state index < -0.39 is 0 Å². The van der Waals surface area contributed by atoms with Crippen molar-refractivity contribution in [2.24, 2.45) is 5.73 Å². The summed E-state index contributed by atoms with van der Waals surface area (Å²) in [6.07, 6.45) is 0. The van der Waals surface area contributed by atoms with Crippen LogP contribution in [0.5, 0.6) is 5.75 Å². The minimum Gasteiger partial charge on any atom is -0.496 e.